The van der Waals surface area contributed by atoms with Crippen LogP contribution in [0.15, 0.2) is 30.5 Å². The van der Waals surface area contributed by atoms with E-state index in [-0.39, 0.29) is 11.6 Å². The molecule has 6 heteroatoms. The van der Waals surface area contributed by atoms with Crippen LogP contribution in [-0.2, 0) is 0 Å². The molecule has 110 valence electrons. The number of aryl methyl sites for hydroxylation is 1. The molecule has 1 heterocycles. The Kier molecular flexibility index (Phi) is 4.65. The second-order valence-corrected chi connectivity index (χ2v) is 4.77. The number of benzene rings is 1. The lowest BCUT2D eigenvalue weighted by Crippen LogP contribution is -2.14. The smallest absolute Gasteiger partial charge is 0.274 e. The number of nitrogens with one attached hydrogen (secondary N) is 1. The minimum atomic E-state index is -0.340. The van der Waals surface area contributed by atoms with E-state index in [9.17, 15) is 4.79 Å². The summed E-state index contributed by atoms with van der Waals surface area (Å²) in [6.07, 6.45) is 1.48. The van der Waals surface area contributed by atoms with Gasteiger partial charge in [-0.3, -0.25) is 9.78 Å². The molecule has 1 aromatic carbocycles. The quantitative estimate of drug-likeness (QED) is 0.941. The van der Waals surface area contributed by atoms with E-state index in [1.807, 2.05) is 6.92 Å². The van der Waals surface area contributed by atoms with E-state index in [0.29, 0.717) is 22.2 Å². The van der Waals surface area contributed by atoms with Crippen molar-refractivity contribution in [2.75, 3.05) is 19.5 Å². The summed E-state index contributed by atoms with van der Waals surface area (Å²) in [6.45, 7) is 1.86. The largest absolute Gasteiger partial charge is 0.493 e. The third kappa shape index (κ3) is 3.44. The van der Waals surface area contributed by atoms with Crippen LogP contribution in [0, 0.1) is 6.92 Å². The van der Waals surface area contributed by atoms with E-state index in [1.54, 1.807) is 25.3 Å². The Morgan fingerprint density at radius 1 is 1.19 bits per heavy atom. The van der Waals surface area contributed by atoms with E-state index >= 15 is 0 Å². The van der Waals surface area contributed by atoms with Crippen LogP contribution in [0.1, 0.15) is 16.1 Å². The zero-order valence-corrected chi connectivity index (χ0v) is 12.7. The van der Waals surface area contributed by atoms with E-state index in [2.05, 4.69) is 10.3 Å². The van der Waals surface area contributed by atoms with Gasteiger partial charge in [0, 0.05) is 23.0 Å². The molecule has 2 aromatic rings. The average molecular weight is 307 g/mol. The molecular formula is C15H15ClN2O3. The number of hydrogen-bond acceptors (Lipinski definition) is 4. The Bertz CT molecular complexity index is 674. The Balaban J connectivity index is 2.29. The first kappa shape index (κ1) is 15.1. The lowest BCUT2D eigenvalue weighted by Gasteiger charge is -2.13. The van der Waals surface area contributed by atoms with Gasteiger partial charge in [-0.05, 0) is 30.7 Å². The van der Waals surface area contributed by atoms with E-state index in [4.69, 9.17) is 21.1 Å². The van der Waals surface area contributed by atoms with E-state index in [0.717, 1.165) is 5.56 Å². The van der Waals surface area contributed by atoms with Crippen LogP contribution >= 0.6 is 11.6 Å². The number of methoxy groups -OCH3 is 2. The molecule has 1 aromatic heterocycles. The van der Waals surface area contributed by atoms with Crippen molar-refractivity contribution in [3.63, 3.8) is 0 Å². The summed E-state index contributed by atoms with van der Waals surface area (Å²) in [4.78, 5) is 16.2. The molecule has 0 aliphatic rings. The van der Waals surface area contributed by atoms with Crippen LogP contribution in [-0.4, -0.2) is 25.1 Å². The number of aromatic nitrogens is 1. The summed E-state index contributed by atoms with van der Waals surface area (Å²) in [6, 6.07) is 6.61. The van der Waals surface area contributed by atoms with Gasteiger partial charge in [-0.1, -0.05) is 11.6 Å². The van der Waals surface area contributed by atoms with Crippen molar-refractivity contribution in [3.8, 4) is 11.5 Å². The molecule has 21 heavy (non-hydrogen) atoms. The number of anilines is 1. The number of ether oxygens (including phenoxy) is 2. The molecule has 1 amide bonds. The van der Waals surface area contributed by atoms with Crippen molar-refractivity contribution in [2.45, 2.75) is 6.92 Å². The van der Waals surface area contributed by atoms with Gasteiger partial charge in [0.05, 0.1) is 14.2 Å². The zero-order valence-electron chi connectivity index (χ0n) is 11.9. The highest BCUT2D eigenvalue weighted by Gasteiger charge is 2.13. The first-order valence-electron chi connectivity index (χ1n) is 6.20. The predicted octanol–water partition coefficient (Wildman–Crippen LogP) is 3.31. The SMILES string of the molecule is COc1cc(C)c(NC(=O)c2cc(Cl)ccn2)cc1OC. The Morgan fingerprint density at radius 2 is 1.86 bits per heavy atom. The minimum absolute atomic E-state index is 0.247. The monoisotopic (exact) mass is 306 g/mol. The Labute approximate surface area is 127 Å². The maximum Gasteiger partial charge on any atom is 0.274 e. The number of rotatable bonds is 4. The molecule has 0 saturated heterocycles. The molecule has 0 unspecified atom stereocenters. The van der Waals surface area contributed by atoms with Crippen molar-refractivity contribution in [1.29, 1.82) is 0 Å². The summed E-state index contributed by atoms with van der Waals surface area (Å²) in [5.74, 6) is 0.805. The first-order chi connectivity index (χ1) is 10.0. The minimum Gasteiger partial charge on any atom is -0.493 e. The maximum atomic E-state index is 12.2. The molecule has 0 fully saturated rings. The molecule has 0 spiro atoms. The van der Waals surface area contributed by atoms with Crippen LogP contribution in [0.2, 0.25) is 5.02 Å². The number of pyridine rings is 1. The van der Waals surface area contributed by atoms with Gasteiger partial charge in [-0.15, -0.1) is 0 Å². The highest BCUT2D eigenvalue weighted by Crippen LogP contribution is 2.33. The first-order valence-corrected chi connectivity index (χ1v) is 6.58. The molecule has 1 N–H and O–H groups in total. The molecule has 0 aliphatic carbocycles. The van der Waals surface area contributed by atoms with Crippen molar-refractivity contribution < 1.29 is 14.3 Å². The summed E-state index contributed by atoms with van der Waals surface area (Å²) in [5.41, 5.74) is 1.72. The Hall–Kier alpha value is -2.27. The lowest BCUT2D eigenvalue weighted by molar-refractivity contribution is 0.102. The Morgan fingerprint density at radius 3 is 2.48 bits per heavy atom. The van der Waals surface area contributed by atoms with Gasteiger partial charge in [0.2, 0.25) is 0 Å². The fraction of sp³-hybridized carbons (Fsp3) is 0.200. The van der Waals surface area contributed by atoms with Crippen LogP contribution in [0.3, 0.4) is 0 Å². The third-order valence-electron chi connectivity index (χ3n) is 2.93. The lowest BCUT2D eigenvalue weighted by atomic mass is 10.1. The number of carbonyl (C=O) groups is 1. The molecule has 0 radical (unpaired) electrons. The van der Waals surface area contributed by atoms with E-state index in [1.165, 1.54) is 19.4 Å². The van der Waals surface area contributed by atoms with Gasteiger partial charge < -0.3 is 14.8 Å². The van der Waals surface area contributed by atoms with Crippen LogP contribution in [0.25, 0.3) is 0 Å². The molecule has 0 saturated carbocycles. The van der Waals surface area contributed by atoms with Gasteiger partial charge in [0.25, 0.3) is 5.91 Å². The van der Waals surface area contributed by atoms with Crippen LogP contribution in [0.5, 0.6) is 11.5 Å². The summed E-state index contributed by atoms with van der Waals surface area (Å²) < 4.78 is 10.4. The van der Waals surface area contributed by atoms with Crippen molar-refractivity contribution in [3.05, 3.63) is 46.7 Å². The number of carbonyl (C=O) groups excluding carboxylic acids is 1. The van der Waals surface area contributed by atoms with Gasteiger partial charge in [0.15, 0.2) is 11.5 Å². The topological polar surface area (TPSA) is 60.5 Å². The molecular weight excluding hydrogens is 292 g/mol. The third-order valence-corrected chi connectivity index (χ3v) is 3.17. The number of hydrogen-bond donors (Lipinski definition) is 1. The normalized spacial score (nSPS) is 10.1. The van der Waals surface area contributed by atoms with Crippen molar-refractivity contribution in [2.24, 2.45) is 0 Å². The number of nitrogens with zero attached hydrogens (tertiary/aromatic N) is 1. The highest BCUT2D eigenvalue weighted by molar-refractivity contribution is 6.30. The van der Waals surface area contributed by atoms with Crippen molar-refractivity contribution >= 4 is 23.2 Å². The predicted molar refractivity (Wildman–Crippen MR) is 81.5 cm³/mol. The number of amides is 1. The van der Waals surface area contributed by atoms with E-state index < -0.39 is 0 Å². The van der Waals surface area contributed by atoms with Crippen LogP contribution in [0.4, 0.5) is 5.69 Å². The highest BCUT2D eigenvalue weighted by atomic mass is 35.5. The fourth-order valence-electron chi connectivity index (χ4n) is 1.83. The maximum absolute atomic E-state index is 12.2. The summed E-state index contributed by atoms with van der Waals surface area (Å²) in [7, 11) is 3.10. The molecule has 2 rings (SSSR count). The molecule has 0 aliphatic heterocycles. The van der Waals surface area contributed by atoms with Gasteiger partial charge in [0.1, 0.15) is 5.69 Å². The molecule has 5 nitrogen and oxygen atoms in total. The van der Waals surface area contributed by atoms with Gasteiger partial charge in [-0.25, -0.2) is 0 Å². The zero-order chi connectivity index (χ0) is 15.4. The number of halogens is 1. The fourth-order valence-corrected chi connectivity index (χ4v) is 1.99. The standard InChI is InChI=1S/C15H15ClN2O3/c1-9-6-13(20-2)14(21-3)8-11(9)18-15(19)12-7-10(16)4-5-17-12/h4-8H,1-3H3,(H,18,19). The second-order valence-electron chi connectivity index (χ2n) is 4.34. The van der Waals surface area contributed by atoms with Crippen molar-refractivity contribution in [1.82, 2.24) is 4.98 Å². The van der Waals surface area contributed by atoms with Gasteiger partial charge in [-0.2, -0.15) is 0 Å². The average Bonchev–Trinajstić information content (AvgIpc) is 2.48. The van der Waals surface area contributed by atoms with Gasteiger partial charge >= 0.3 is 0 Å². The van der Waals surface area contributed by atoms with Crippen LogP contribution < -0.4 is 14.8 Å². The summed E-state index contributed by atoms with van der Waals surface area (Å²) >= 11 is 5.85. The molecule has 0 bridgehead atoms. The second kappa shape index (κ2) is 6.45. The summed E-state index contributed by atoms with van der Waals surface area (Å²) in [5, 5.41) is 3.24. The molecule has 0 atom stereocenters.